The van der Waals surface area contributed by atoms with Crippen LogP contribution in [-0.4, -0.2) is 29.8 Å². The van der Waals surface area contributed by atoms with Gasteiger partial charge < -0.3 is 15.2 Å². The van der Waals surface area contributed by atoms with Crippen molar-refractivity contribution in [1.29, 1.82) is 0 Å². The summed E-state index contributed by atoms with van der Waals surface area (Å²) >= 11 is 0. The molecule has 3 aromatic carbocycles. The number of carbonyl (C=O) groups is 2. The van der Waals surface area contributed by atoms with Crippen LogP contribution in [0.4, 0.5) is 4.79 Å². The summed E-state index contributed by atoms with van der Waals surface area (Å²) in [6.07, 6.45) is -0.524. The molecule has 152 valence electrons. The first-order valence-electron chi connectivity index (χ1n) is 9.93. The minimum Gasteiger partial charge on any atom is -0.480 e. The van der Waals surface area contributed by atoms with Crippen molar-refractivity contribution < 1.29 is 19.4 Å². The number of fused-ring (bicyclic) bond motifs is 3. The molecular formula is C25H23NO4. The number of nitrogens with one attached hydrogen (secondary N) is 1. The third-order valence-corrected chi connectivity index (χ3v) is 5.62. The van der Waals surface area contributed by atoms with Crippen LogP contribution in [0.1, 0.15) is 28.2 Å². The number of aryl methyl sites for hydroxylation is 1. The quantitative estimate of drug-likeness (QED) is 0.636. The highest BCUT2D eigenvalue weighted by Crippen LogP contribution is 2.44. The van der Waals surface area contributed by atoms with E-state index in [4.69, 9.17) is 4.74 Å². The van der Waals surface area contributed by atoms with E-state index in [1.54, 1.807) is 0 Å². The molecule has 3 aromatic rings. The summed E-state index contributed by atoms with van der Waals surface area (Å²) in [6.45, 7) is 2.07. The second-order valence-electron chi connectivity index (χ2n) is 7.49. The summed E-state index contributed by atoms with van der Waals surface area (Å²) in [6, 6.07) is 22.6. The van der Waals surface area contributed by atoms with Crippen LogP contribution in [0.3, 0.4) is 0 Å². The third-order valence-electron chi connectivity index (χ3n) is 5.62. The molecule has 4 rings (SSSR count). The zero-order chi connectivity index (χ0) is 21.1. The largest absolute Gasteiger partial charge is 0.480 e. The van der Waals surface area contributed by atoms with Gasteiger partial charge in [-0.15, -0.1) is 0 Å². The molecule has 30 heavy (non-hydrogen) atoms. The summed E-state index contributed by atoms with van der Waals surface area (Å²) in [4.78, 5) is 24.1. The molecule has 0 saturated carbocycles. The van der Waals surface area contributed by atoms with Crippen molar-refractivity contribution in [3.8, 4) is 11.1 Å². The van der Waals surface area contributed by atoms with E-state index in [2.05, 4.69) is 17.4 Å². The Morgan fingerprint density at radius 1 is 0.933 bits per heavy atom. The summed E-state index contributed by atoms with van der Waals surface area (Å²) in [5.74, 6) is -1.16. The average molecular weight is 401 g/mol. The lowest BCUT2D eigenvalue weighted by molar-refractivity contribution is -0.139. The SMILES string of the molecule is Cc1ccccc1C[C@H](NC(=O)OCC1c2ccccc2-c2ccccc21)C(=O)O. The van der Waals surface area contributed by atoms with Crippen LogP contribution < -0.4 is 5.32 Å². The number of ether oxygens (including phenoxy) is 1. The molecule has 0 bridgehead atoms. The zero-order valence-corrected chi connectivity index (χ0v) is 16.7. The molecule has 1 amide bonds. The lowest BCUT2D eigenvalue weighted by Crippen LogP contribution is -2.43. The van der Waals surface area contributed by atoms with Crippen LogP contribution >= 0.6 is 0 Å². The molecular weight excluding hydrogens is 378 g/mol. The lowest BCUT2D eigenvalue weighted by Gasteiger charge is -2.18. The van der Waals surface area contributed by atoms with E-state index in [0.29, 0.717) is 0 Å². The van der Waals surface area contributed by atoms with Crippen LogP contribution in [-0.2, 0) is 16.0 Å². The summed E-state index contributed by atoms with van der Waals surface area (Å²) in [7, 11) is 0. The second-order valence-corrected chi connectivity index (χ2v) is 7.49. The molecule has 0 aromatic heterocycles. The van der Waals surface area contributed by atoms with Crippen LogP contribution in [0.25, 0.3) is 11.1 Å². The maximum atomic E-state index is 12.4. The van der Waals surface area contributed by atoms with Crippen molar-refractivity contribution in [2.45, 2.75) is 25.3 Å². The minimum atomic E-state index is -1.09. The fraction of sp³-hybridized carbons (Fsp3) is 0.200. The van der Waals surface area contributed by atoms with Gasteiger partial charge in [0.25, 0.3) is 0 Å². The fourth-order valence-corrected chi connectivity index (χ4v) is 4.04. The number of hydrogen-bond acceptors (Lipinski definition) is 3. The summed E-state index contributed by atoms with van der Waals surface area (Å²) in [5, 5.41) is 12.0. The van der Waals surface area contributed by atoms with Crippen molar-refractivity contribution in [3.63, 3.8) is 0 Å². The molecule has 0 radical (unpaired) electrons. The Balaban J connectivity index is 1.44. The monoisotopic (exact) mass is 401 g/mol. The van der Waals surface area contributed by atoms with E-state index in [9.17, 15) is 14.7 Å². The van der Waals surface area contributed by atoms with Gasteiger partial charge in [-0.1, -0.05) is 72.8 Å². The van der Waals surface area contributed by atoms with Gasteiger partial charge in [-0.3, -0.25) is 0 Å². The molecule has 1 aliphatic rings. The molecule has 0 heterocycles. The number of hydrogen-bond donors (Lipinski definition) is 2. The maximum absolute atomic E-state index is 12.4. The number of carboxylic acid groups (broad SMARTS) is 1. The highest BCUT2D eigenvalue weighted by molar-refractivity contribution is 5.81. The Kier molecular flexibility index (Phi) is 5.53. The molecule has 0 unspecified atom stereocenters. The van der Waals surface area contributed by atoms with Gasteiger partial charge in [0.2, 0.25) is 0 Å². The first-order valence-corrected chi connectivity index (χ1v) is 9.93. The zero-order valence-electron chi connectivity index (χ0n) is 16.7. The molecule has 2 N–H and O–H groups in total. The van der Waals surface area contributed by atoms with Gasteiger partial charge in [0.05, 0.1) is 0 Å². The molecule has 0 aliphatic heterocycles. The highest BCUT2D eigenvalue weighted by Gasteiger charge is 2.29. The van der Waals surface area contributed by atoms with Crippen molar-refractivity contribution >= 4 is 12.1 Å². The highest BCUT2D eigenvalue weighted by atomic mass is 16.5. The summed E-state index contributed by atoms with van der Waals surface area (Å²) < 4.78 is 5.47. The van der Waals surface area contributed by atoms with E-state index >= 15 is 0 Å². The number of rotatable bonds is 6. The number of carbonyl (C=O) groups excluding carboxylic acids is 1. The van der Waals surface area contributed by atoms with Gasteiger partial charge in [-0.05, 0) is 40.3 Å². The normalized spacial score (nSPS) is 13.2. The van der Waals surface area contributed by atoms with Crippen LogP contribution in [0.5, 0.6) is 0 Å². The predicted molar refractivity (Wildman–Crippen MR) is 115 cm³/mol. The van der Waals surface area contributed by atoms with Crippen LogP contribution in [0.15, 0.2) is 72.8 Å². The Morgan fingerprint density at radius 2 is 1.50 bits per heavy atom. The molecule has 0 spiro atoms. The molecule has 5 nitrogen and oxygen atoms in total. The van der Waals surface area contributed by atoms with E-state index in [-0.39, 0.29) is 18.9 Å². The number of alkyl carbamates (subject to hydrolysis) is 1. The van der Waals surface area contributed by atoms with E-state index in [1.165, 1.54) is 0 Å². The first-order chi connectivity index (χ1) is 14.5. The van der Waals surface area contributed by atoms with E-state index in [1.807, 2.05) is 67.6 Å². The fourth-order valence-electron chi connectivity index (χ4n) is 4.04. The van der Waals surface area contributed by atoms with Gasteiger partial charge in [0, 0.05) is 12.3 Å². The molecule has 1 atom stereocenters. The van der Waals surface area contributed by atoms with Crippen molar-refractivity contribution in [1.82, 2.24) is 5.32 Å². The van der Waals surface area contributed by atoms with E-state index in [0.717, 1.165) is 33.4 Å². The Bertz CT molecular complexity index is 1050. The first kappa shape index (κ1) is 19.7. The van der Waals surface area contributed by atoms with Crippen molar-refractivity contribution in [2.24, 2.45) is 0 Å². The van der Waals surface area contributed by atoms with Crippen LogP contribution in [0, 0.1) is 6.92 Å². The van der Waals surface area contributed by atoms with Gasteiger partial charge in [0.15, 0.2) is 0 Å². The van der Waals surface area contributed by atoms with Gasteiger partial charge in [0.1, 0.15) is 12.6 Å². The van der Waals surface area contributed by atoms with Gasteiger partial charge in [-0.2, -0.15) is 0 Å². The maximum Gasteiger partial charge on any atom is 0.407 e. The average Bonchev–Trinajstić information content (AvgIpc) is 3.07. The van der Waals surface area contributed by atoms with Crippen molar-refractivity contribution in [2.75, 3.05) is 6.61 Å². The predicted octanol–water partition coefficient (Wildman–Crippen LogP) is 4.53. The minimum absolute atomic E-state index is 0.0669. The molecule has 1 aliphatic carbocycles. The third kappa shape index (κ3) is 3.92. The smallest absolute Gasteiger partial charge is 0.407 e. The number of amides is 1. The lowest BCUT2D eigenvalue weighted by atomic mass is 9.98. The second kappa shape index (κ2) is 8.41. The molecule has 0 saturated heterocycles. The Hall–Kier alpha value is -3.60. The van der Waals surface area contributed by atoms with E-state index < -0.39 is 18.1 Å². The summed E-state index contributed by atoms with van der Waals surface area (Å²) in [5.41, 5.74) is 6.37. The molecule has 0 fully saturated rings. The van der Waals surface area contributed by atoms with Crippen LogP contribution in [0.2, 0.25) is 0 Å². The number of benzene rings is 3. The molecule has 5 heteroatoms. The Labute approximate surface area is 175 Å². The van der Waals surface area contributed by atoms with Crippen molar-refractivity contribution in [3.05, 3.63) is 95.1 Å². The van der Waals surface area contributed by atoms with Gasteiger partial charge >= 0.3 is 12.1 Å². The van der Waals surface area contributed by atoms with Gasteiger partial charge in [-0.25, -0.2) is 9.59 Å². The number of carboxylic acids is 1. The standard InChI is InChI=1S/C25H23NO4/c1-16-8-2-3-9-17(16)14-23(24(27)28)26-25(29)30-15-22-20-12-6-4-10-18(20)19-11-5-7-13-21(19)22/h2-13,22-23H,14-15H2,1H3,(H,26,29)(H,27,28)/t23-/m0/s1. The Morgan fingerprint density at radius 3 is 2.10 bits per heavy atom. The number of aliphatic carboxylic acids is 1. The topological polar surface area (TPSA) is 75.6 Å².